The second-order valence-electron chi connectivity index (χ2n) is 6.34. The lowest BCUT2D eigenvalue weighted by Gasteiger charge is -2.27. The van der Waals surface area contributed by atoms with E-state index in [0.717, 1.165) is 18.2 Å². The van der Waals surface area contributed by atoms with E-state index >= 15 is 0 Å². The summed E-state index contributed by atoms with van der Waals surface area (Å²) in [6.45, 7) is 0.0106. The van der Waals surface area contributed by atoms with Crippen molar-refractivity contribution in [2.75, 3.05) is 7.05 Å². The first-order valence-corrected chi connectivity index (χ1v) is 8.37. The highest BCUT2D eigenvalue weighted by atomic mass is 16.2. The van der Waals surface area contributed by atoms with Crippen molar-refractivity contribution in [3.05, 3.63) is 40.8 Å². The van der Waals surface area contributed by atoms with E-state index < -0.39 is 0 Å². The number of aromatic nitrogens is 2. The van der Waals surface area contributed by atoms with E-state index in [0.29, 0.717) is 11.4 Å². The monoisotopic (exact) mass is 313 g/mol. The molecule has 0 radical (unpaired) electrons. The zero-order valence-corrected chi connectivity index (χ0v) is 13.6. The minimum Gasteiger partial charge on any atom is -0.341 e. The number of carbonyl (C=O) groups excluding carboxylic acids is 1. The van der Waals surface area contributed by atoms with Crippen LogP contribution in [0.1, 0.15) is 38.5 Å². The van der Waals surface area contributed by atoms with Gasteiger partial charge in [-0.25, -0.2) is 4.68 Å². The molecule has 0 unspecified atom stereocenters. The molecule has 1 aromatic heterocycles. The fraction of sp³-hybridized carbons (Fsp3) is 0.500. The van der Waals surface area contributed by atoms with Gasteiger partial charge in [0.25, 0.3) is 5.56 Å². The summed E-state index contributed by atoms with van der Waals surface area (Å²) in [4.78, 5) is 26.8. The average molecular weight is 313 g/mol. The largest absolute Gasteiger partial charge is 0.341 e. The van der Waals surface area contributed by atoms with Crippen LogP contribution in [0, 0.1) is 0 Å². The van der Waals surface area contributed by atoms with Crippen LogP contribution in [0.15, 0.2) is 35.3 Å². The number of nitrogens with zero attached hydrogens (tertiary/aromatic N) is 3. The number of amides is 1. The smallest absolute Gasteiger partial charge is 0.275 e. The van der Waals surface area contributed by atoms with Gasteiger partial charge >= 0.3 is 0 Å². The van der Waals surface area contributed by atoms with Crippen LogP contribution in [0.3, 0.4) is 0 Å². The molecule has 2 aromatic rings. The number of fused-ring (bicyclic) bond motifs is 1. The van der Waals surface area contributed by atoms with Crippen LogP contribution >= 0.6 is 0 Å². The molecule has 0 atom stereocenters. The second kappa shape index (κ2) is 6.94. The first-order valence-electron chi connectivity index (χ1n) is 8.37. The van der Waals surface area contributed by atoms with Gasteiger partial charge < -0.3 is 4.90 Å². The molecular weight excluding hydrogens is 290 g/mol. The van der Waals surface area contributed by atoms with Gasteiger partial charge in [0.2, 0.25) is 5.91 Å². The summed E-state index contributed by atoms with van der Waals surface area (Å²) in [6.07, 6.45) is 8.63. The van der Waals surface area contributed by atoms with E-state index in [1.54, 1.807) is 12.3 Å². The molecular formula is C18H23N3O2. The van der Waals surface area contributed by atoms with Crippen molar-refractivity contribution in [3.63, 3.8) is 0 Å². The Morgan fingerprint density at radius 3 is 2.65 bits per heavy atom. The van der Waals surface area contributed by atoms with Crippen LogP contribution < -0.4 is 5.56 Å². The van der Waals surface area contributed by atoms with Crippen molar-refractivity contribution in [3.8, 4) is 0 Å². The van der Waals surface area contributed by atoms with E-state index in [9.17, 15) is 9.59 Å². The zero-order valence-electron chi connectivity index (χ0n) is 13.6. The van der Waals surface area contributed by atoms with Crippen LogP contribution in [0.25, 0.3) is 10.8 Å². The Bertz CT molecular complexity index is 745. The van der Waals surface area contributed by atoms with Gasteiger partial charge in [-0.1, -0.05) is 43.9 Å². The third-order valence-electron chi connectivity index (χ3n) is 4.81. The maximum absolute atomic E-state index is 12.5. The van der Waals surface area contributed by atoms with Crippen LogP contribution in [0.4, 0.5) is 0 Å². The SMILES string of the molecule is CN(C(=O)Cn1ncc2ccccc2c1=O)C1CCCCCC1. The van der Waals surface area contributed by atoms with Gasteiger partial charge in [0, 0.05) is 18.5 Å². The summed E-state index contributed by atoms with van der Waals surface area (Å²) < 4.78 is 1.28. The minimum atomic E-state index is -0.203. The molecule has 5 heteroatoms. The van der Waals surface area contributed by atoms with E-state index in [2.05, 4.69) is 5.10 Å². The van der Waals surface area contributed by atoms with Gasteiger partial charge in [0.05, 0.1) is 11.6 Å². The highest BCUT2D eigenvalue weighted by Gasteiger charge is 2.22. The van der Waals surface area contributed by atoms with Gasteiger partial charge in [0.15, 0.2) is 0 Å². The summed E-state index contributed by atoms with van der Waals surface area (Å²) in [5, 5.41) is 5.56. The molecule has 1 aliphatic rings. The van der Waals surface area contributed by atoms with Gasteiger partial charge in [-0.2, -0.15) is 5.10 Å². The molecule has 0 N–H and O–H groups in total. The number of rotatable bonds is 3. The molecule has 0 saturated heterocycles. The summed E-state index contributed by atoms with van der Waals surface area (Å²) in [6, 6.07) is 7.62. The first-order chi connectivity index (χ1) is 11.2. The van der Waals surface area contributed by atoms with E-state index in [1.807, 2.05) is 30.1 Å². The number of hydrogen-bond acceptors (Lipinski definition) is 3. The minimum absolute atomic E-state index is 0.0106. The van der Waals surface area contributed by atoms with E-state index in [-0.39, 0.29) is 18.0 Å². The molecule has 1 heterocycles. The van der Waals surface area contributed by atoms with Gasteiger partial charge in [-0.3, -0.25) is 9.59 Å². The van der Waals surface area contributed by atoms with E-state index in [4.69, 9.17) is 0 Å². The highest BCUT2D eigenvalue weighted by Crippen LogP contribution is 2.21. The third-order valence-corrected chi connectivity index (χ3v) is 4.81. The number of likely N-dealkylation sites (N-methyl/N-ethyl adjacent to an activating group) is 1. The number of benzene rings is 1. The molecule has 5 nitrogen and oxygen atoms in total. The fourth-order valence-electron chi connectivity index (χ4n) is 3.33. The second-order valence-corrected chi connectivity index (χ2v) is 6.34. The molecule has 23 heavy (non-hydrogen) atoms. The quantitative estimate of drug-likeness (QED) is 0.818. The molecule has 0 spiro atoms. The predicted octanol–water partition coefficient (Wildman–Crippen LogP) is 2.58. The Morgan fingerprint density at radius 1 is 1.22 bits per heavy atom. The molecule has 1 aliphatic carbocycles. The molecule has 1 amide bonds. The lowest BCUT2D eigenvalue weighted by Crippen LogP contribution is -2.40. The molecule has 0 bridgehead atoms. The van der Waals surface area contributed by atoms with Crippen molar-refractivity contribution in [2.45, 2.75) is 51.1 Å². The molecule has 122 valence electrons. The van der Waals surface area contributed by atoms with Crippen LogP contribution in [0.2, 0.25) is 0 Å². The van der Waals surface area contributed by atoms with Gasteiger partial charge in [-0.15, -0.1) is 0 Å². The molecule has 3 rings (SSSR count). The topological polar surface area (TPSA) is 55.2 Å². The summed E-state index contributed by atoms with van der Waals surface area (Å²) >= 11 is 0. The van der Waals surface area contributed by atoms with Crippen molar-refractivity contribution in [1.29, 1.82) is 0 Å². The van der Waals surface area contributed by atoms with Crippen molar-refractivity contribution in [1.82, 2.24) is 14.7 Å². The van der Waals surface area contributed by atoms with Gasteiger partial charge in [-0.05, 0) is 18.9 Å². The lowest BCUT2D eigenvalue weighted by atomic mass is 10.1. The number of hydrogen-bond donors (Lipinski definition) is 0. The first kappa shape index (κ1) is 15.7. The highest BCUT2D eigenvalue weighted by molar-refractivity contribution is 5.81. The summed E-state index contributed by atoms with van der Waals surface area (Å²) in [5.74, 6) is -0.0400. The Kier molecular flexibility index (Phi) is 4.74. The predicted molar refractivity (Wildman–Crippen MR) is 90.3 cm³/mol. The molecule has 1 aromatic carbocycles. The maximum atomic E-state index is 12.5. The third kappa shape index (κ3) is 3.44. The Morgan fingerprint density at radius 2 is 1.91 bits per heavy atom. The zero-order chi connectivity index (χ0) is 16.2. The Balaban J connectivity index is 1.77. The molecule has 1 fully saturated rings. The van der Waals surface area contributed by atoms with Crippen LogP contribution in [-0.4, -0.2) is 33.7 Å². The van der Waals surface area contributed by atoms with Crippen molar-refractivity contribution >= 4 is 16.7 Å². The molecule has 1 saturated carbocycles. The maximum Gasteiger partial charge on any atom is 0.275 e. The van der Waals surface area contributed by atoms with Gasteiger partial charge in [0.1, 0.15) is 6.54 Å². The summed E-state index contributed by atoms with van der Waals surface area (Å²) in [5.41, 5.74) is -0.203. The van der Waals surface area contributed by atoms with Crippen LogP contribution in [0.5, 0.6) is 0 Å². The normalized spacial score (nSPS) is 16.2. The number of carbonyl (C=O) groups is 1. The standard InChI is InChI=1S/C18H23N3O2/c1-20(15-9-4-2-3-5-10-15)17(22)13-21-18(23)16-11-7-6-8-14(16)12-19-21/h6-8,11-12,15H,2-5,9-10,13H2,1H3. The summed E-state index contributed by atoms with van der Waals surface area (Å²) in [7, 11) is 1.85. The van der Waals surface area contributed by atoms with E-state index in [1.165, 1.54) is 30.4 Å². The van der Waals surface area contributed by atoms with Crippen molar-refractivity contribution in [2.24, 2.45) is 0 Å². The van der Waals surface area contributed by atoms with Crippen LogP contribution in [-0.2, 0) is 11.3 Å². The lowest BCUT2D eigenvalue weighted by molar-refractivity contribution is -0.133. The average Bonchev–Trinajstić information content (AvgIpc) is 2.86. The Hall–Kier alpha value is -2.17. The van der Waals surface area contributed by atoms with Crippen molar-refractivity contribution < 1.29 is 4.79 Å². The fourth-order valence-corrected chi connectivity index (χ4v) is 3.33. The molecule has 0 aliphatic heterocycles. The Labute approximate surface area is 135 Å².